The highest BCUT2D eigenvalue weighted by Gasteiger charge is 2.53. The monoisotopic (exact) mass is 734 g/mol. The molecule has 3 saturated heterocycles. The molecular weight excluding hydrogens is 664 g/mol. The van der Waals surface area contributed by atoms with E-state index in [0.29, 0.717) is 6.42 Å². The molecule has 16 unspecified atom stereocenters. The van der Waals surface area contributed by atoms with Gasteiger partial charge in [-0.3, -0.25) is 4.79 Å². The highest BCUT2D eigenvalue weighted by atomic mass is 16.7. The SMILES string of the molecule is CCC1OC(=O)C(C)C(OC2C[C@@](C)(OC)C(O)C(C)O2)C(C)C(OC2OC(C)CC(N(C)C)C2O)[C@](C)(O)CC(C)C(N)C(C)C(O)[C@]1(C)O. The van der Waals surface area contributed by atoms with Crippen LogP contribution in [-0.4, -0.2) is 148 Å². The Balaban J connectivity index is 2.18. The molecule has 14 heteroatoms. The van der Waals surface area contributed by atoms with Gasteiger partial charge in [0.25, 0.3) is 0 Å². The number of aliphatic hydroxyl groups is 5. The molecule has 3 fully saturated rings. The second-order valence-corrected chi connectivity index (χ2v) is 16.8. The van der Waals surface area contributed by atoms with Crippen LogP contribution in [0.2, 0.25) is 0 Å². The summed E-state index contributed by atoms with van der Waals surface area (Å²) < 4.78 is 37.3. The van der Waals surface area contributed by atoms with E-state index in [1.807, 2.05) is 32.8 Å². The van der Waals surface area contributed by atoms with Gasteiger partial charge in [0.2, 0.25) is 0 Å². The molecule has 51 heavy (non-hydrogen) atoms. The minimum Gasteiger partial charge on any atom is -0.459 e. The first-order valence-corrected chi connectivity index (χ1v) is 18.7. The molecule has 3 heterocycles. The molecule has 300 valence electrons. The van der Waals surface area contributed by atoms with Gasteiger partial charge in [-0.05, 0) is 80.8 Å². The van der Waals surface area contributed by atoms with Crippen LogP contribution >= 0.6 is 0 Å². The molecule has 0 aliphatic carbocycles. The average Bonchev–Trinajstić information content (AvgIpc) is 3.05. The molecule has 0 amide bonds. The average molecular weight is 735 g/mol. The summed E-state index contributed by atoms with van der Waals surface area (Å²) >= 11 is 0. The lowest BCUT2D eigenvalue weighted by molar-refractivity contribution is -0.318. The van der Waals surface area contributed by atoms with Crippen LogP contribution in [0.25, 0.3) is 0 Å². The summed E-state index contributed by atoms with van der Waals surface area (Å²) in [6.45, 7) is 17.2. The van der Waals surface area contributed by atoms with E-state index in [0.717, 1.165) is 0 Å². The Kier molecular flexibility index (Phi) is 15.0. The maximum atomic E-state index is 14.1. The van der Waals surface area contributed by atoms with Crippen LogP contribution in [0.4, 0.5) is 0 Å². The number of aliphatic hydroxyl groups excluding tert-OH is 3. The van der Waals surface area contributed by atoms with Crippen LogP contribution in [0.3, 0.4) is 0 Å². The van der Waals surface area contributed by atoms with Crippen molar-refractivity contribution in [3.63, 3.8) is 0 Å². The molecule has 19 atom stereocenters. The third-order valence-corrected chi connectivity index (χ3v) is 12.2. The lowest BCUT2D eigenvalue weighted by Crippen LogP contribution is -2.62. The number of carbonyl (C=O) groups is 1. The summed E-state index contributed by atoms with van der Waals surface area (Å²) in [5.74, 6) is -3.57. The topological polar surface area (TPSA) is 203 Å². The zero-order valence-corrected chi connectivity index (χ0v) is 33.2. The van der Waals surface area contributed by atoms with Crippen LogP contribution in [-0.2, 0) is 33.2 Å². The number of hydrogen-bond donors (Lipinski definition) is 6. The fourth-order valence-electron chi connectivity index (χ4n) is 8.63. The Bertz CT molecular complexity index is 1130. The van der Waals surface area contributed by atoms with Gasteiger partial charge >= 0.3 is 5.97 Å². The Morgan fingerprint density at radius 3 is 2.08 bits per heavy atom. The second-order valence-electron chi connectivity index (χ2n) is 16.8. The van der Waals surface area contributed by atoms with Gasteiger partial charge in [0, 0.05) is 37.5 Å². The highest BCUT2D eigenvalue weighted by Crippen LogP contribution is 2.41. The number of rotatable bonds is 7. The number of nitrogens with zero attached hydrogens (tertiary/aromatic N) is 1. The maximum absolute atomic E-state index is 14.1. The zero-order valence-electron chi connectivity index (χ0n) is 33.2. The predicted octanol–water partition coefficient (Wildman–Crippen LogP) is 1.54. The van der Waals surface area contributed by atoms with Crippen LogP contribution in [0.15, 0.2) is 0 Å². The maximum Gasteiger partial charge on any atom is 0.311 e. The fraction of sp³-hybridized carbons (Fsp3) is 0.973. The summed E-state index contributed by atoms with van der Waals surface area (Å²) in [5.41, 5.74) is 2.20. The molecule has 0 aromatic rings. The van der Waals surface area contributed by atoms with E-state index in [1.165, 1.54) is 14.0 Å². The first kappa shape index (κ1) is 44.4. The Hall–Kier alpha value is -1.01. The Labute approximate surface area is 305 Å². The molecule has 0 bridgehead atoms. The summed E-state index contributed by atoms with van der Waals surface area (Å²) in [5, 5.41) is 58.0. The molecule has 14 nitrogen and oxygen atoms in total. The van der Waals surface area contributed by atoms with E-state index in [2.05, 4.69) is 0 Å². The van der Waals surface area contributed by atoms with Gasteiger partial charge in [-0.1, -0.05) is 27.7 Å². The number of esters is 1. The third-order valence-electron chi connectivity index (χ3n) is 12.2. The minimum atomic E-state index is -1.85. The predicted molar refractivity (Wildman–Crippen MR) is 189 cm³/mol. The molecular formula is C37H70N2O12. The summed E-state index contributed by atoms with van der Waals surface area (Å²) in [6.07, 6.45) is -8.68. The highest BCUT2D eigenvalue weighted by molar-refractivity contribution is 5.73. The Morgan fingerprint density at radius 1 is 0.922 bits per heavy atom. The van der Waals surface area contributed by atoms with Crippen molar-refractivity contribution in [1.29, 1.82) is 0 Å². The number of nitrogens with two attached hydrogens (primary N) is 1. The van der Waals surface area contributed by atoms with Crippen molar-refractivity contribution >= 4 is 5.97 Å². The fourth-order valence-corrected chi connectivity index (χ4v) is 8.63. The first-order chi connectivity index (χ1) is 23.4. The molecule has 7 N–H and O–H groups in total. The molecule has 0 aromatic carbocycles. The van der Waals surface area contributed by atoms with Crippen molar-refractivity contribution in [2.45, 2.75) is 185 Å². The largest absolute Gasteiger partial charge is 0.459 e. The molecule has 0 spiro atoms. The van der Waals surface area contributed by atoms with Crippen LogP contribution in [0.5, 0.6) is 0 Å². The lowest BCUT2D eigenvalue weighted by Gasteiger charge is -2.49. The van der Waals surface area contributed by atoms with Crippen molar-refractivity contribution in [1.82, 2.24) is 4.90 Å². The molecule has 0 radical (unpaired) electrons. The van der Waals surface area contributed by atoms with Crippen molar-refractivity contribution in [3.8, 4) is 0 Å². The Morgan fingerprint density at radius 2 is 1.53 bits per heavy atom. The molecule has 3 aliphatic heterocycles. The van der Waals surface area contributed by atoms with Crippen LogP contribution in [0, 0.1) is 23.7 Å². The number of ether oxygens (including phenoxy) is 6. The van der Waals surface area contributed by atoms with E-state index in [-0.39, 0.29) is 31.4 Å². The number of cyclic esters (lactones) is 1. The number of methoxy groups -OCH3 is 1. The van der Waals surface area contributed by atoms with Crippen molar-refractivity contribution < 1.29 is 58.7 Å². The lowest BCUT2D eigenvalue weighted by atomic mass is 9.72. The molecule has 0 aromatic heterocycles. The van der Waals surface area contributed by atoms with E-state index >= 15 is 0 Å². The summed E-state index contributed by atoms with van der Waals surface area (Å²) in [6, 6.07) is -0.983. The van der Waals surface area contributed by atoms with E-state index in [1.54, 1.807) is 48.5 Å². The molecule has 0 saturated carbocycles. The van der Waals surface area contributed by atoms with Gasteiger partial charge in [0.05, 0.1) is 47.6 Å². The van der Waals surface area contributed by atoms with Crippen molar-refractivity contribution in [2.24, 2.45) is 29.4 Å². The standard InChI is InChI=1S/C37H70N2O12/c1-14-25-37(10,45)30(41)20(4)27(38)18(2)16-35(8,44)32(51-34-28(40)24(39(11)12)15-19(3)47-34)21(5)29(22(6)33(43)49-25)50-26-17-36(9,46-13)31(42)23(7)48-26/h18-32,34,40-42,44-45H,14-17,38H2,1-13H3/t18?,19?,20?,21?,22?,23?,24?,25?,26?,27?,28?,29?,30?,31?,32?,34?,35-,36-,37-/m1/s1. The van der Waals surface area contributed by atoms with Gasteiger partial charge in [-0.15, -0.1) is 0 Å². The first-order valence-electron chi connectivity index (χ1n) is 18.7. The normalized spacial score (nSPS) is 51.2. The van der Waals surface area contributed by atoms with Gasteiger partial charge in [0.15, 0.2) is 12.6 Å². The minimum absolute atomic E-state index is 0.0888. The smallest absolute Gasteiger partial charge is 0.311 e. The van der Waals surface area contributed by atoms with Gasteiger partial charge in [0.1, 0.15) is 23.9 Å². The van der Waals surface area contributed by atoms with Gasteiger partial charge in [-0.2, -0.15) is 0 Å². The van der Waals surface area contributed by atoms with E-state index in [4.69, 9.17) is 34.2 Å². The van der Waals surface area contributed by atoms with E-state index < -0.39 is 108 Å². The summed E-state index contributed by atoms with van der Waals surface area (Å²) in [4.78, 5) is 16.0. The van der Waals surface area contributed by atoms with Gasteiger partial charge < -0.3 is 64.6 Å². The van der Waals surface area contributed by atoms with Crippen LogP contribution < -0.4 is 5.73 Å². The van der Waals surface area contributed by atoms with Gasteiger partial charge in [-0.25, -0.2) is 0 Å². The number of carbonyl (C=O) groups excluding carboxylic acids is 1. The molecule has 3 rings (SSSR count). The zero-order chi connectivity index (χ0) is 39.0. The van der Waals surface area contributed by atoms with E-state index in [9.17, 15) is 30.3 Å². The number of hydrogen-bond acceptors (Lipinski definition) is 14. The van der Waals surface area contributed by atoms with Crippen LogP contribution in [0.1, 0.15) is 94.9 Å². The van der Waals surface area contributed by atoms with Crippen molar-refractivity contribution in [2.75, 3.05) is 21.2 Å². The quantitative estimate of drug-likeness (QED) is 0.206. The summed E-state index contributed by atoms with van der Waals surface area (Å²) in [7, 11) is 5.24. The third kappa shape index (κ3) is 9.63. The van der Waals surface area contributed by atoms with Crippen molar-refractivity contribution in [3.05, 3.63) is 0 Å². The molecule has 3 aliphatic rings. The number of likely N-dealkylation sites (N-methyl/N-ethyl adjacent to an activating group) is 1. The second kappa shape index (κ2) is 17.2.